The predicted molar refractivity (Wildman–Crippen MR) is 133 cm³/mol. The van der Waals surface area contributed by atoms with Crippen molar-refractivity contribution >= 4 is 17.7 Å². The summed E-state index contributed by atoms with van der Waals surface area (Å²) in [7, 11) is 0. The highest BCUT2D eigenvalue weighted by atomic mass is 14.7. The van der Waals surface area contributed by atoms with E-state index in [0.29, 0.717) is 0 Å². The van der Waals surface area contributed by atoms with E-state index in [0.717, 1.165) is 40.9 Å². The van der Waals surface area contributed by atoms with Crippen molar-refractivity contribution in [3.63, 3.8) is 0 Å². The molecule has 0 aliphatic carbocycles. The van der Waals surface area contributed by atoms with E-state index in [1.165, 1.54) is 27.8 Å². The van der Waals surface area contributed by atoms with Gasteiger partial charge >= 0.3 is 0 Å². The lowest BCUT2D eigenvalue weighted by molar-refractivity contribution is 1.09. The molecule has 0 saturated carbocycles. The Morgan fingerprint density at radius 3 is 1.93 bits per heavy atom. The maximum Gasteiger partial charge on any atom is 0.0747 e. The summed E-state index contributed by atoms with van der Waals surface area (Å²) in [6, 6.07) is 17.5. The highest BCUT2D eigenvalue weighted by molar-refractivity contribution is 5.83. The molecule has 0 saturated heterocycles. The van der Waals surface area contributed by atoms with E-state index in [1.54, 1.807) is 0 Å². The fraction of sp³-hybridized carbons (Fsp3) is 0.207. The SMILES string of the molecule is C=Cc1c(/C=C\C)nc(-c2ccc(-c3ccc(CC)cc3)cc2)c(CC)c1C(=C)C. The van der Waals surface area contributed by atoms with Gasteiger partial charge in [-0.25, -0.2) is 4.98 Å². The monoisotopic (exact) mass is 393 g/mol. The molecular formula is C29H31N. The summed E-state index contributed by atoms with van der Waals surface area (Å²) in [4.78, 5) is 5.04. The largest absolute Gasteiger partial charge is 0.247 e. The summed E-state index contributed by atoms with van der Waals surface area (Å²) in [5.41, 5.74) is 11.4. The van der Waals surface area contributed by atoms with Crippen molar-refractivity contribution in [2.45, 2.75) is 40.5 Å². The van der Waals surface area contributed by atoms with Gasteiger partial charge in [-0.1, -0.05) is 93.3 Å². The Morgan fingerprint density at radius 2 is 1.47 bits per heavy atom. The van der Waals surface area contributed by atoms with Crippen molar-refractivity contribution in [3.8, 4) is 22.4 Å². The van der Waals surface area contributed by atoms with Crippen LogP contribution in [0.3, 0.4) is 0 Å². The average molecular weight is 394 g/mol. The number of rotatable bonds is 7. The van der Waals surface area contributed by atoms with Crippen LogP contribution in [-0.4, -0.2) is 4.98 Å². The van der Waals surface area contributed by atoms with Gasteiger partial charge < -0.3 is 0 Å². The molecule has 0 atom stereocenters. The third-order valence-corrected chi connectivity index (χ3v) is 5.53. The maximum atomic E-state index is 5.04. The lowest BCUT2D eigenvalue weighted by Crippen LogP contribution is -2.04. The molecule has 3 aromatic rings. The Morgan fingerprint density at radius 1 is 0.900 bits per heavy atom. The van der Waals surface area contributed by atoms with Crippen LogP contribution in [0.25, 0.3) is 40.1 Å². The van der Waals surface area contributed by atoms with Gasteiger partial charge in [-0.2, -0.15) is 0 Å². The Bertz CT molecular complexity index is 1080. The molecule has 0 amide bonds. The Kier molecular flexibility index (Phi) is 6.84. The number of aryl methyl sites for hydroxylation is 1. The van der Waals surface area contributed by atoms with Crippen LogP contribution in [0.5, 0.6) is 0 Å². The second kappa shape index (κ2) is 9.54. The van der Waals surface area contributed by atoms with Crippen molar-refractivity contribution in [3.05, 3.63) is 95.7 Å². The zero-order valence-electron chi connectivity index (χ0n) is 18.6. The van der Waals surface area contributed by atoms with Crippen LogP contribution in [0.15, 0.2) is 67.8 Å². The first kappa shape index (κ1) is 21.5. The Labute approximate surface area is 181 Å². The number of hydrogen-bond donors (Lipinski definition) is 0. The summed E-state index contributed by atoms with van der Waals surface area (Å²) >= 11 is 0. The first-order valence-electron chi connectivity index (χ1n) is 10.7. The van der Waals surface area contributed by atoms with Crippen LogP contribution < -0.4 is 0 Å². The van der Waals surface area contributed by atoms with Gasteiger partial charge in [-0.15, -0.1) is 0 Å². The highest BCUT2D eigenvalue weighted by Gasteiger charge is 2.17. The lowest BCUT2D eigenvalue weighted by atomic mass is 9.89. The molecule has 0 fully saturated rings. The number of allylic oxidation sites excluding steroid dienone is 2. The average Bonchev–Trinajstić information content (AvgIpc) is 2.78. The second-order valence-corrected chi connectivity index (χ2v) is 7.58. The van der Waals surface area contributed by atoms with E-state index in [4.69, 9.17) is 4.98 Å². The minimum absolute atomic E-state index is 0.891. The van der Waals surface area contributed by atoms with E-state index in [2.05, 4.69) is 88.5 Å². The zero-order valence-corrected chi connectivity index (χ0v) is 18.6. The van der Waals surface area contributed by atoms with Crippen LogP contribution in [0, 0.1) is 0 Å². The van der Waals surface area contributed by atoms with Crippen molar-refractivity contribution in [2.75, 3.05) is 0 Å². The maximum absolute atomic E-state index is 5.04. The van der Waals surface area contributed by atoms with Gasteiger partial charge in [-0.05, 0) is 60.6 Å². The van der Waals surface area contributed by atoms with Gasteiger partial charge in [0.25, 0.3) is 0 Å². The van der Waals surface area contributed by atoms with Gasteiger partial charge in [0.15, 0.2) is 0 Å². The van der Waals surface area contributed by atoms with Crippen molar-refractivity contribution in [2.24, 2.45) is 0 Å². The second-order valence-electron chi connectivity index (χ2n) is 7.58. The van der Waals surface area contributed by atoms with Crippen LogP contribution in [0.4, 0.5) is 0 Å². The van der Waals surface area contributed by atoms with Crippen molar-refractivity contribution in [1.29, 1.82) is 0 Å². The molecule has 0 bridgehead atoms. The van der Waals surface area contributed by atoms with Gasteiger partial charge in [0.05, 0.1) is 11.4 Å². The van der Waals surface area contributed by atoms with E-state index in [-0.39, 0.29) is 0 Å². The Balaban J connectivity index is 2.14. The summed E-state index contributed by atoms with van der Waals surface area (Å²) in [5, 5.41) is 0. The number of nitrogens with zero attached hydrogens (tertiary/aromatic N) is 1. The smallest absolute Gasteiger partial charge is 0.0747 e. The zero-order chi connectivity index (χ0) is 21.7. The molecule has 1 aromatic heterocycles. The minimum Gasteiger partial charge on any atom is -0.247 e. The molecular weight excluding hydrogens is 362 g/mol. The summed E-state index contributed by atoms with van der Waals surface area (Å²) in [6.07, 6.45) is 7.93. The molecule has 0 N–H and O–H groups in total. The standard InChI is InChI=1S/C29H31N/c1-7-11-27-25(9-3)28(20(5)6)26(10-4)29(30-27)24-18-16-23(17-19-24)22-14-12-21(8-2)13-15-22/h7,9,11-19H,3,5,8,10H2,1-2,4,6H3/b11-7-. The third-order valence-electron chi connectivity index (χ3n) is 5.53. The summed E-state index contributed by atoms with van der Waals surface area (Å²) < 4.78 is 0. The number of pyridine rings is 1. The quantitative estimate of drug-likeness (QED) is 0.394. The molecule has 1 heteroatoms. The van der Waals surface area contributed by atoms with Crippen LogP contribution in [-0.2, 0) is 12.8 Å². The molecule has 0 aliphatic heterocycles. The number of aromatic nitrogens is 1. The minimum atomic E-state index is 0.891. The highest BCUT2D eigenvalue weighted by Crippen LogP contribution is 2.34. The molecule has 1 nitrogen and oxygen atoms in total. The van der Waals surface area contributed by atoms with Crippen LogP contribution >= 0.6 is 0 Å². The van der Waals surface area contributed by atoms with E-state index >= 15 is 0 Å². The van der Waals surface area contributed by atoms with E-state index in [9.17, 15) is 0 Å². The molecule has 30 heavy (non-hydrogen) atoms. The Hall–Kier alpha value is -3.19. The van der Waals surface area contributed by atoms with Crippen LogP contribution in [0.1, 0.15) is 55.6 Å². The van der Waals surface area contributed by atoms with Gasteiger partial charge in [0.1, 0.15) is 0 Å². The first-order valence-corrected chi connectivity index (χ1v) is 10.7. The normalized spacial score (nSPS) is 11.1. The first-order chi connectivity index (χ1) is 14.5. The fourth-order valence-electron chi connectivity index (χ4n) is 3.97. The molecule has 0 radical (unpaired) electrons. The summed E-state index contributed by atoms with van der Waals surface area (Å²) in [6.45, 7) is 16.7. The third kappa shape index (κ3) is 4.21. The topological polar surface area (TPSA) is 12.9 Å². The molecule has 0 aliphatic rings. The van der Waals surface area contributed by atoms with Crippen molar-refractivity contribution in [1.82, 2.24) is 4.98 Å². The van der Waals surface area contributed by atoms with Gasteiger partial charge in [0.2, 0.25) is 0 Å². The van der Waals surface area contributed by atoms with E-state index < -0.39 is 0 Å². The van der Waals surface area contributed by atoms with Gasteiger partial charge in [0, 0.05) is 11.1 Å². The molecule has 1 heterocycles. The predicted octanol–water partition coefficient (Wildman–Crippen LogP) is 8.25. The molecule has 2 aromatic carbocycles. The molecule has 3 rings (SSSR count). The molecule has 0 unspecified atom stereocenters. The molecule has 0 spiro atoms. The van der Waals surface area contributed by atoms with E-state index in [1.807, 2.05) is 19.1 Å². The lowest BCUT2D eigenvalue weighted by Gasteiger charge is -2.19. The van der Waals surface area contributed by atoms with Gasteiger partial charge in [-0.3, -0.25) is 0 Å². The van der Waals surface area contributed by atoms with Crippen molar-refractivity contribution < 1.29 is 0 Å². The number of hydrogen-bond acceptors (Lipinski definition) is 1. The fourth-order valence-corrected chi connectivity index (χ4v) is 3.97. The van der Waals surface area contributed by atoms with Crippen LogP contribution in [0.2, 0.25) is 0 Å². The summed E-state index contributed by atoms with van der Waals surface area (Å²) in [5.74, 6) is 0. The number of benzene rings is 2. The molecule has 152 valence electrons.